The molecule has 4 heterocycles. The monoisotopic (exact) mass is 1470 g/mol. The number of carbonyl (C=O) groups is 4. The van der Waals surface area contributed by atoms with Gasteiger partial charge in [-0.25, -0.2) is 31.5 Å². The number of hydrogen-bond acceptors (Lipinski definition) is 13. The predicted octanol–water partition coefficient (Wildman–Crippen LogP) is 14.4. The summed E-state index contributed by atoms with van der Waals surface area (Å²) < 4.78 is 116. The number of esters is 1. The van der Waals surface area contributed by atoms with Crippen LogP contribution in [-0.2, 0) is 58.6 Å². The molecule has 0 spiro atoms. The van der Waals surface area contributed by atoms with Crippen molar-refractivity contribution in [2.24, 2.45) is 0 Å². The van der Waals surface area contributed by atoms with Crippen molar-refractivity contribution in [1.29, 1.82) is 0 Å². The van der Waals surface area contributed by atoms with E-state index in [0.717, 1.165) is 70.4 Å². The van der Waals surface area contributed by atoms with Crippen LogP contribution in [0, 0.1) is 29.1 Å². The molecule has 26 heteroatoms. The molecule has 4 aliphatic rings. The minimum Gasteiger partial charge on any atom is -0.494 e. The Hall–Kier alpha value is -7.70. The van der Waals surface area contributed by atoms with Gasteiger partial charge in [0.15, 0.2) is 0 Å². The number of anilines is 2. The number of amides is 2. The van der Waals surface area contributed by atoms with Gasteiger partial charge in [-0.2, -0.15) is 0 Å². The quantitative estimate of drug-likeness (QED) is 0.0179. The molecule has 0 bridgehead atoms. The summed E-state index contributed by atoms with van der Waals surface area (Å²) in [4.78, 5) is 51.4. The summed E-state index contributed by atoms with van der Waals surface area (Å²) in [6.45, 7) is 20.4. The van der Waals surface area contributed by atoms with Crippen molar-refractivity contribution in [3.8, 4) is 11.5 Å². The van der Waals surface area contributed by atoms with E-state index in [1.54, 1.807) is 12.1 Å². The summed E-state index contributed by atoms with van der Waals surface area (Å²) in [5.74, 6) is -7.88. The second-order valence-electron chi connectivity index (χ2n) is 26.5. The van der Waals surface area contributed by atoms with E-state index in [2.05, 4.69) is 37.2 Å². The third-order valence-electron chi connectivity index (χ3n) is 18.5. The summed E-state index contributed by atoms with van der Waals surface area (Å²) in [7, 11) is -0.127. The van der Waals surface area contributed by atoms with Crippen LogP contribution in [0.2, 0.25) is 10.0 Å². The maximum atomic E-state index is 15.2. The van der Waals surface area contributed by atoms with Crippen LogP contribution in [0.5, 0.6) is 11.5 Å². The van der Waals surface area contributed by atoms with Gasteiger partial charge < -0.3 is 59.2 Å². The van der Waals surface area contributed by atoms with Crippen LogP contribution in [0.4, 0.5) is 33.3 Å². The number of carbonyl (C=O) groups excluding carboxylic acids is 3. The largest absolute Gasteiger partial charge is 0.498 e. The Balaban J connectivity index is 0.000000202. The van der Waals surface area contributed by atoms with E-state index in [4.69, 9.17) is 56.0 Å². The zero-order chi connectivity index (χ0) is 72.1. The molecular formula is C73H78B2BrCl2F5N4O12. The lowest BCUT2D eigenvalue weighted by atomic mass is 9.75. The van der Waals surface area contributed by atoms with Gasteiger partial charge in [0.1, 0.15) is 63.8 Å². The molecule has 11 rings (SSSR count). The highest BCUT2D eigenvalue weighted by Gasteiger charge is 2.54. The number of halogens is 8. The van der Waals surface area contributed by atoms with E-state index in [9.17, 15) is 28.7 Å². The SMILES string of the molecule is COC(=O)[C@H](Cc1ccc(B2OC(C)(C)C(C)(C)O2)c2c1CCCO2)NC(=O)c1c(F)cc(N[C@@H](C)c2ccccc2)cc1F.C[C@H](Nc1cc(F)c(C(=O)N[C@@H](Cc2ccc(B3OC(C)(C)C(C)(C)O3)c3c2CCCO3)C(=O)O)c(F)c1)c1ccccc1.Fc1cc(Cl)c(Br)c(Cl)c1. The van der Waals surface area contributed by atoms with E-state index in [-0.39, 0.29) is 46.3 Å². The average molecular weight is 1470 g/mol. The minimum absolute atomic E-state index is 0.0191. The van der Waals surface area contributed by atoms with Crippen molar-refractivity contribution in [3.63, 3.8) is 0 Å². The van der Waals surface area contributed by atoms with Crippen molar-refractivity contribution in [2.45, 2.75) is 154 Å². The number of rotatable bonds is 18. The maximum Gasteiger partial charge on any atom is 0.498 e. The summed E-state index contributed by atoms with van der Waals surface area (Å²) in [6.07, 6.45) is 2.66. The molecule has 0 saturated carbocycles. The molecule has 7 aromatic rings. The van der Waals surface area contributed by atoms with Crippen LogP contribution in [-0.4, -0.2) is 97.9 Å². The molecule has 0 aliphatic carbocycles. The standard InChI is InChI=1S/C34H39BF2N2O6.C33H37BF2N2O6.C6H2BrCl2F/c1-20(21-11-8-7-9-12-21)38-23-18-26(36)29(27(37)19-23)31(40)39-28(32(41)42-6)17-22-14-15-25(30-24(22)13-10-16-43-30)35-44-33(2,3)34(4,5)45-35;1-19(20-10-7-6-8-11-20)37-22-17-25(35)28(26(36)18-22)30(39)38-27(31(40)41)16-21-13-14-24(29-23(21)12-9-15-42-29)34-43-32(2,3)33(4,5)44-34;7-6-4(8)1-3(10)2-5(6)9/h7-9,11-12,14-15,18-20,28,38H,10,13,16-17H2,1-6H3,(H,39,40);6-8,10-11,13-14,17-19,27,37H,9,12,15-16H2,1-5H3,(H,38,39)(H,40,41);1-2H/t20-,28-;19-,27-;/m00./s1. The molecule has 524 valence electrons. The Labute approximate surface area is 592 Å². The molecule has 2 amide bonds. The summed E-state index contributed by atoms with van der Waals surface area (Å²) in [6, 6.07) is 29.4. The molecule has 16 nitrogen and oxygen atoms in total. The highest BCUT2D eigenvalue weighted by molar-refractivity contribution is 9.10. The molecule has 0 radical (unpaired) electrons. The van der Waals surface area contributed by atoms with Gasteiger partial charge in [-0.15, -0.1) is 0 Å². The second kappa shape index (κ2) is 31.5. The van der Waals surface area contributed by atoms with Crippen LogP contribution in [0.25, 0.3) is 0 Å². The number of hydrogen-bond donors (Lipinski definition) is 5. The molecule has 7 aromatic carbocycles. The topological polar surface area (TPSA) is 201 Å². The van der Waals surface area contributed by atoms with E-state index < -0.39 is 113 Å². The molecule has 2 fully saturated rings. The minimum atomic E-state index is -1.45. The van der Waals surface area contributed by atoms with Gasteiger partial charge >= 0.3 is 26.2 Å². The molecule has 0 unspecified atom stereocenters. The first-order valence-corrected chi connectivity index (χ1v) is 33.8. The molecule has 4 aliphatic heterocycles. The summed E-state index contributed by atoms with van der Waals surface area (Å²) in [5, 5.41) is 21.4. The van der Waals surface area contributed by atoms with Crippen molar-refractivity contribution < 1.29 is 79.1 Å². The predicted molar refractivity (Wildman–Crippen MR) is 375 cm³/mol. The lowest BCUT2D eigenvalue weighted by molar-refractivity contribution is -0.143. The number of fused-ring (bicyclic) bond motifs is 2. The smallest absolute Gasteiger partial charge is 0.494 e. The fourth-order valence-electron chi connectivity index (χ4n) is 11.7. The molecule has 4 atom stereocenters. The van der Waals surface area contributed by atoms with Gasteiger partial charge in [0.05, 0.1) is 57.2 Å². The van der Waals surface area contributed by atoms with Crippen molar-refractivity contribution in [2.75, 3.05) is 31.0 Å². The Bertz CT molecular complexity index is 4040. The summed E-state index contributed by atoms with van der Waals surface area (Å²) >= 11 is 14.2. The van der Waals surface area contributed by atoms with E-state index in [1.165, 1.54) is 19.2 Å². The fraction of sp³-hybridized carbons (Fsp3) is 0.370. The van der Waals surface area contributed by atoms with Crippen LogP contribution < -0.4 is 41.7 Å². The first-order chi connectivity index (χ1) is 46.7. The third kappa shape index (κ3) is 17.5. The van der Waals surface area contributed by atoms with Crippen molar-refractivity contribution >= 4 is 99.4 Å². The number of ether oxygens (including phenoxy) is 3. The zero-order valence-corrected chi connectivity index (χ0v) is 59.7. The number of carboxylic acids is 1. The fourth-order valence-corrected chi connectivity index (χ4v) is 12.3. The first-order valence-electron chi connectivity index (χ1n) is 32.3. The number of aliphatic carboxylic acids is 1. The number of methoxy groups -OCH3 is 1. The molecule has 2 saturated heterocycles. The lowest BCUT2D eigenvalue weighted by Crippen LogP contribution is -2.44. The van der Waals surface area contributed by atoms with Crippen LogP contribution in [0.15, 0.2) is 126 Å². The van der Waals surface area contributed by atoms with E-state index in [1.807, 2.05) is 142 Å². The molecule has 5 N–H and O–H groups in total. The van der Waals surface area contributed by atoms with Crippen LogP contribution in [0.1, 0.15) is 148 Å². The van der Waals surface area contributed by atoms with E-state index in [0.29, 0.717) is 53.1 Å². The molecule has 0 aromatic heterocycles. The Kier molecular flexibility index (Phi) is 24.0. The second-order valence-corrected chi connectivity index (χ2v) is 28.1. The zero-order valence-electron chi connectivity index (χ0n) is 56.6. The third-order valence-corrected chi connectivity index (χ3v) is 20.4. The Morgan fingerprint density at radius 2 is 0.909 bits per heavy atom. The highest BCUT2D eigenvalue weighted by atomic mass is 79.9. The summed E-state index contributed by atoms with van der Waals surface area (Å²) in [5.41, 5.74) is 2.79. The maximum absolute atomic E-state index is 15.2. The molecular weight excluding hydrogens is 1390 g/mol. The number of nitrogens with one attached hydrogen (secondary N) is 4. The van der Waals surface area contributed by atoms with Crippen molar-refractivity contribution in [1.82, 2.24) is 10.6 Å². The Morgan fingerprint density at radius 1 is 0.556 bits per heavy atom. The normalized spacial score (nSPS) is 17.2. The average Bonchev–Trinajstić information content (AvgIpc) is 1.61. The van der Waals surface area contributed by atoms with Gasteiger partial charge in [-0.1, -0.05) is 108 Å². The lowest BCUT2D eigenvalue weighted by Gasteiger charge is -2.32. The number of benzene rings is 7. The van der Waals surface area contributed by atoms with Gasteiger partial charge in [0, 0.05) is 47.2 Å². The van der Waals surface area contributed by atoms with Crippen LogP contribution in [0.3, 0.4) is 0 Å². The highest BCUT2D eigenvalue weighted by Crippen LogP contribution is 2.41. The molecule has 99 heavy (non-hydrogen) atoms. The Morgan fingerprint density at radius 3 is 1.26 bits per heavy atom. The van der Waals surface area contributed by atoms with Gasteiger partial charge in [0.25, 0.3) is 11.8 Å². The first kappa shape index (κ1) is 75.5. The van der Waals surface area contributed by atoms with Gasteiger partial charge in [0.2, 0.25) is 0 Å². The van der Waals surface area contributed by atoms with Crippen LogP contribution >= 0.6 is 39.1 Å². The van der Waals surface area contributed by atoms with E-state index >= 15 is 17.6 Å². The van der Waals surface area contributed by atoms with Gasteiger partial charge in [-0.3, -0.25) is 9.59 Å². The van der Waals surface area contributed by atoms with Crippen molar-refractivity contribution in [3.05, 3.63) is 209 Å². The number of carboxylic acid groups (broad SMARTS) is 1. The van der Waals surface area contributed by atoms with Gasteiger partial charge in [-0.05, 0) is 181 Å².